The van der Waals surface area contributed by atoms with Crippen molar-refractivity contribution in [3.63, 3.8) is 0 Å². The fourth-order valence-electron chi connectivity index (χ4n) is 1.75. The summed E-state index contributed by atoms with van der Waals surface area (Å²) in [4.78, 5) is 12.1. The van der Waals surface area contributed by atoms with E-state index in [2.05, 4.69) is 5.32 Å². The molecule has 1 aromatic carbocycles. The van der Waals surface area contributed by atoms with Crippen molar-refractivity contribution in [1.82, 2.24) is 0 Å². The Kier molecular flexibility index (Phi) is 4.16. The molecule has 4 nitrogen and oxygen atoms in total. The van der Waals surface area contributed by atoms with Crippen LogP contribution in [-0.4, -0.2) is 17.3 Å². The summed E-state index contributed by atoms with van der Waals surface area (Å²) >= 11 is 1.69. The van der Waals surface area contributed by atoms with E-state index >= 15 is 0 Å². The lowest BCUT2D eigenvalue weighted by Gasteiger charge is -2.04. The number of furan rings is 1. The second-order valence-electron chi connectivity index (χ2n) is 4.11. The van der Waals surface area contributed by atoms with Gasteiger partial charge >= 0.3 is 5.97 Å². The third-order valence-electron chi connectivity index (χ3n) is 2.72. The molecule has 0 amide bonds. The highest BCUT2D eigenvalue weighted by molar-refractivity contribution is 7.98. The van der Waals surface area contributed by atoms with Crippen LogP contribution in [0.2, 0.25) is 0 Å². The number of rotatable bonds is 5. The summed E-state index contributed by atoms with van der Waals surface area (Å²) in [5.74, 6) is -0.411. The van der Waals surface area contributed by atoms with Crippen LogP contribution < -0.4 is 5.32 Å². The maximum atomic E-state index is 10.9. The molecular formula is C14H15NO3S. The maximum Gasteiger partial charge on any atom is 0.372 e. The summed E-state index contributed by atoms with van der Waals surface area (Å²) in [6.07, 6.45) is 2.03. The first-order valence-electron chi connectivity index (χ1n) is 5.80. The number of thioether (sulfide) groups is 1. The Balaban J connectivity index is 2.01. The van der Waals surface area contributed by atoms with Crippen molar-refractivity contribution in [1.29, 1.82) is 0 Å². The molecule has 2 N–H and O–H groups in total. The Morgan fingerprint density at radius 2 is 2.05 bits per heavy atom. The van der Waals surface area contributed by atoms with Crippen LogP contribution in [0.25, 0.3) is 0 Å². The molecule has 5 heteroatoms. The van der Waals surface area contributed by atoms with Crippen molar-refractivity contribution < 1.29 is 14.3 Å². The van der Waals surface area contributed by atoms with Crippen LogP contribution in [0.3, 0.4) is 0 Å². The topological polar surface area (TPSA) is 62.5 Å². The van der Waals surface area contributed by atoms with Crippen molar-refractivity contribution in [2.24, 2.45) is 0 Å². The van der Waals surface area contributed by atoms with Gasteiger partial charge in [0.2, 0.25) is 5.76 Å². The Labute approximate surface area is 115 Å². The lowest BCUT2D eigenvalue weighted by Crippen LogP contribution is -1.98. The van der Waals surface area contributed by atoms with Gasteiger partial charge in [0.05, 0.1) is 6.54 Å². The van der Waals surface area contributed by atoms with Crippen molar-refractivity contribution >= 4 is 23.4 Å². The van der Waals surface area contributed by atoms with Gasteiger partial charge in [0.25, 0.3) is 0 Å². The second-order valence-corrected chi connectivity index (χ2v) is 4.99. The average molecular weight is 277 g/mol. The molecule has 0 fully saturated rings. The molecule has 0 spiro atoms. The van der Waals surface area contributed by atoms with Gasteiger partial charge in [-0.25, -0.2) is 4.79 Å². The SMILES string of the molecule is CSc1ccc(NCc2cc(C)c(C(=O)O)o2)cc1. The molecule has 0 aliphatic heterocycles. The predicted molar refractivity (Wildman–Crippen MR) is 76.0 cm³/mol. The van der Waals surface area contributed by atoms with Gasteiger partial charge in [-0.3, -0.25) is 0 Å². The van der Waals surface area contributed by atoms with E-state index in [9.17, 15) is 4.79 Å². The van der Waals surface area contributed by atoms with Crippen molar-refractivity contribution in [2.45, 2.75) is 18.4 Å². The van der Waals surface area contributed by atoms with Gasteiger partial charge in [-0.2, -0.15) is 0 Å². The van der Waals surface area contributed by atoms with Crippen LogP contribution in [0, 0.1) is 6.92 Å². The van der Waals surface area contributed by atoms with E-state index in [1.165, 1.54) is 4.90 Å². The van der Waals surface area contributed by atoms with Gasteiger partial charge in [-0.1, -0.05) is 0 Å². The normalized spacial score (nSPS) is 10.4. The van der Waals surface area contributed by atoms with E-state index in [0.29, 0.717) is 17.9 Å². The first-order chi connectivity index (χ1) is 9.10. The number of nitrogens with one attached hydrogen (secondary N) is 1. The van der Waals surface area contributed by atoms with E-state index < -0.39 is 5.97 Å². The summed E-state index contributed by atoms with van der Waals surface area (Å²) in [5.41, 5.74) is 1.62. The summed E-state index contributed by atoms with van der Waals surface area (Å²) in [5, 5.41) is 12.1. The van der Waals surface area contributed by atoms with E-state index in [4.69, 9.17) is 9.52 Å². The van der Waals surface area contributed by atoms with Crippen LogP contribution in [0.4, 0.5) is 5.69 Å². The van der Waals surface area contributed by atoms with Gasteiger partial charge in [0.15, 0.2) is 0 Å². The van der Waals surface area contributed by atoms with Gasteiger partial charge < -0.3 is 14.8 Å². The third-order valence-corrected chi connectivity index (χ3v) is 3.46. The highest BCUT2D eigenvalue weighted by Gasteiger charge is 2.13. The van der Waals surface area contributed by atoms with Crippen molar-refractivity contribution in [3.8, 4) is 0 Å². The zero-order valence-corrected chi connectivity index (χ0v) is 11.6. The lowest BCUT2D eigenvalue weighted by atomic mass is 10.2. The molecule has 0 saturated carbocycles. The summed E-state index contributed by atoms with van der Waals surface area (Å²) < 4.78 is 5.28. The number of carboxylic acids is 1. The molecule has 1 aromatic heterocycles. The van der Waals surface area contributed by atoms with Gasteiger partial charge in [0, 0.05) is 16.1 Å². The smallest absolute Gasteiger partial charge is 0.372 e. The fourth-order valence-corrected chi connectivity index (χ4v) is 2.15. The lowest BCUT2D eigenvalue weighted by molar-refractivity contribution is 0.0659. The third kappa shape index (κ3) is 3.32. The first kappa shape index (κ1) is 13.5. The van der Waals surface area contributed by atoms with Crippen LogP contribution in [0.15, 0.2) is 39.6 Å². The van der Waals surface area contributed by atoms with E-state index in [1.54, 1.807) is 24.8 Å². The molecule has 0 bridgehead atoms. The predicted octanol–water partition coefficient (Wildman–Crippen LogP) is 3.62. The molecule has 0 aliphatic carbocycles. The fraction of sp³-hybridized carbons (Fsp3) is 0.214. The Hall–Kier alpha value is -1.88. The minimum Gasteiger partial charge on any atom is -0.475 e. The second kappa shape index (κ2) is 5.84. The molecule has 100 valence electrons. The first-order valence-corrected chi connectivity index (χ1v) is 7.03. The highest BCUT2D eigenvalue weighted by atomic mass is 32.2. The van der Waals surface area contributed by atoms with Gasteiger partial charge in [-0.15, -0.1) is 11.8 Å². The minimum atomic E-state index is -1.03. The number of aromatic carboxylic acids is 1. The van der Waals surface area contributed by atoms with Crippen molar-refractivity contribution in [3.05, 3.63) is 47.4 Å². The summed E-state index contributed by atoms with van der Waals surface area (Å²) in [6.45, 7) is 2.19. The molecule has 2 aromatic rings. The molecule has 2 rings (SSSR count). The number of aryl methyl sites for hydroxylation is 1. The van der Waals surface area contributed by atoms with Crippen molar-refractivity contribution in [2.75, 3.05) is 11.6 Å². The standard InChI is InChI=1S/C14H15NO3S/c1-9-7-11(18-13(9)14(16)17)8-15-10-3-5-12(19-2)6-4-10/h3-7,15H,8H2,1-2H3,(H,16,17). The molecule has 0 radical (unpaired) electrons. The maximum absolute atomic E-state index is 10.9. The quantitative estimate of drug-likeness (QED) is 0.817. The van der Waals surface area contributed by atoms with Crippen LogP contribution >= 0.6 is 11.8 Å². The van der Waals surface area contributed by atoms with Crippen LogP contribution in [-0.2, 0) is 6.54 Å². The summed E-state index contributed by atoms with van der Waals surface area (Å²) in [7, 11) is 0. The van der Waals surface area contributed by atoms with Gasteiger partial charge in [-0.05, 0) is 43.5 Å². The molecule has 0 unspecified atom stereocenters. The van der Waals surface area contributed by atoms with E-state index in [-0.39, 0.29) is 5.76 Å². The Bertz CT molecular complexity index is 575. The molecule has 1 heterocycles. The number of carboxylic acid groups (broad SMARTS) is 1. The largest absolute Gasteiger partial charge is 0.475 e. The monoisotopic (exact) mass is 277 g/mol. The minimum absolute atomic E-state index is 0.00882. The number of anilines is 1. The average Bonchev–Trinajstić information content (AvgIpc) is 2.78. The van der Waals surface area contributed by atoms with Crippen LogP contribution in [0.1, 0.15) is 21.9 Å². The zero-order valence-electron chi connectivity index (χ0n) is 10.8. The van der Waals surface area contributed by atoms with Gasteiger partial charge in [0.1, 0.15) is 5.76 Å². The molecule has 0 saturated heterocycles. The number of hydrogen-bond donors (Lipinski definition) is 2. The summed E-state index contributed by atoms with van der Waals surface area (Å²) in [6, 6.07) is 9.78. The van der Waals surface area contributed by atoms with Crippen LogP contribution in [0.5, 0.6) is 0 Å². The molecular weight excluding hydrogens is 262 g/mol. The molecule has 0 aliphatic rings. The highest BCUT2D eigenvalue weighted by Crippen LogP contribution is 2.19. The zero-order chi connectivity index (χ0) is 13.8. The number of hydrogen-bond acceptors (Lipinski definition) is 4. The number of carbonyl (C=O) groups is 1. The Morgan fingerprint density at radius 1 is 1.37 bits per heavy atom. The Morgan fingerprint density at radius 3 is 2.58 bits per heavy atom. The molecule has 0 atom stereocenters. The van der Waals surface area contributed by atoms with E-state index in [1.807, 2.05) is 30.5 Å². The molecule has 19 heavy (non-hydrogen) atoms. The number of benzene rings is 1. The van der Waals surface area contributed by atoms with E-state index in [0.717, 1.165) is 5.69 Å².